The third-order valence-corrected chi connectivity index (χ3v) is 6.41. The Hall–Kier alpha value is -3.15. The predicted molar refractivity (Wildman–Crippen MR) is 137 cm³/mol. The minimum Gasteiger partial charge on any atom is -0.406 e. The zero-order valence-corrected chi connectivity index (χ0v) is 20.0. The van der Waals surface area contributed by atoms with Gasteiger partial charge in [0, 0.05) is 36.6 Å². The van der Waals surface area contributed by atoms with E-state index in [4.69, 9.17) is 0 Å². The first kappa shape index (κ1) is 25.0. The lowest BCUT2D eigenvalue weighted by molar-refractivity contribution is -0.274. The average molecular weight is 483 g/mol. The van der Waals surface area contributed by atoms with Crippen molar-refractivity contribution in [3.63, 3.8) is 0 Å². The van der Waals surface area contributed by atoms with Gasteiger partial charge < -0.3 is 15.0 Å². The van der Waals surface area contributed by atoms with Gasteiger partial charge in [-0.05, 0) is 73.6 Å². The van der Waals surface area contributed by atoms with E-state index in [1.165, 1.54) is 30.5 Å². The van der Waals surface area contributed by atoms with Crippen molar-refractivity contribution in [1.29, 1.82) is 0 Å². The van der Waals surface area contributed by atoms with Crippen LogP contribution in [0.4, 0.5) is 24.5 Å². The van der Waals surface area contributed by atoms with E-state index < -0.39 is 6.36 Å². The van der Waals surface area contributed by atoms with Crippen molar-refractivity contribution < 1.29 is 17.9 Å². The summed E-state index contributed by atoms with van der Waals surface area (Å²) in [5.41, 5.74) is 5.42. The topological polar surface area (TPSA) is 24.5 Å². The van der Waals surface area contributed by atoms with Crippen molar-refractivity contribution in [2.45, 2.75) is 51.3 Å². The normalized spacial score (nSPS) is 14.4. The molecule has 0 atom stereocenters. The molecule has 3 nitrogen and oxygen atoms in total. The van der Waals surface area contributed by atoms with Crippen LogP contribution in [0.25, 0.3) is 11.1 Å². The molecule has 35 heavy (non-hydrogen) atoms. The largest absolute Gasteiger partial charge is 0.573 e. The van der Waals surface area contributed by atoms with Gasteiger partial charge in [-0.15, -0.1) is 13.2 Å². The summed E-state index contributed by atoms with van der Waals surface area (Å²) in [5.74, 6) is -0.203. The zero-order valence-electron chi connectivity index (χ0n) is 20.0. The van der Waals surface area contributed by atoms with Crippen LogP contribution in [0.3, 0.4) is 0 Å². The summed E-state index contributed by atoms with van der Waals surface area (Å²) < 4.78 is 41.9. The number of anilines is 2. The van der Waals surface area contributed by atoms with Gasteiger partial charge in [0.25, 0.3) is 0 Å². The number of benzene rings is 3. The SMILES string of the molecule is FC(F)(F)Oc1ccc(-c2cc(NCCCCc3ccccc3)ccc2N2CCCCCC2)cc1. The van der Waals surface area contributed by atoms with Gasteiger partial charge in [-0.3, -0.25) is 0 Å². The van der Waals surface area contributed by atoms with Crippen LogP contribution in [0.15, 0.2) is 72.8 Å². The number of nitrogens with zero attached hydrogens (tertiary/aromatic N) is 1. The number of ether oxygens (including phenoxy) is 1. The monoisotopic (exact) mass is 482 g/mol. The van der Waals surface area contributed by atoms with Crippen LogP contribution in [0.5, 0.6) is 5.75 Å². The molecule has 6 heteroatoms. The van der Waals surface area contributed by atoms with Crippen molar-refractivity contribution in [2.24, 2.45) is 0 Å². The zero-order chi connectivity index (χ0) is 24.5. The molecule has 0 radical (unpaired) electrons. The van der Waals surface area contributed by atoms with Gasteiger partial charge in [-0.25, -0.2) is 0 Å². The summed E-state index contributed by atoms with van der Waals surface area (Å²) in [5, 5.41) is 3.53. The van der Waals surface area contributed by atoms with E-state index in [1.54, 1.807) is 12.1 Å². The molecule has 1 fully saturated rings. The van der Waals surface area contributed by atoms with Crippen molar-refractivity contribution >= 4 is 11.4 Å². The minimum atomic E-state index is -4.69. The van der Waals surface area contributed by atoms with E-state index in [9.17, 15) is 13.2 Å². The van der Waals surface area contributed by atoms with Crippen molar-refractivity contribution in [3.8, 4) is 16.9 Å². The maximum Gasteiger partial charge on any atom is 0.573 e. The number of hydrogen-bond donors (Lipinski definition) is 1. The van der Waals surface area contributed by atoms with E-state index in [-0.39, 0.29) is 5.75 Å². The smallest absolute Gasteiger partial charge is 0.406 e. The number of hydrogen-bond acceptors (Lipinski definition) is 3. The quantitative estimate of drug-likeness (QED) is 0.312. The highest BCUT2D eigenvalue weighted by Gasteiger charge is 2.31. The molecule has 1 N–H and O–H groups in total. The first-order chi connectivity index (χ1) is 17.0. The van der Waals surface area contributed by atoms with Crippen molar-refractivity contribution in [3.05, 3.63) is 78.4 Å². The number of aryl methyl sites for hydroxylation is 1. The molecule has 0 unspecified atom stereocenters. The van der Waals surface area contributed by atoms with Crippen LogP contribution in [0, 0.1) is 0 Å². The van der Waals surface area contributed by atoms with E-state index in [2.05, 4.69) is 57.4 Å². The van der Waals surface area contributed by atoms with Crippen LogP contribution in [0.2, 0.25) is 0 Å². The van der Waals surface area contributed by atoms with Gasteiger partial charge in [0.1, 0.15) is 5.75 Å². The highest BCUT2D eigenvalue weighted by atomic mass is 19.4. The molecule has 4 rings (SSSR count). The Bertz CT molecular complexity index is 1040. The Morgan fingerprint density at radius 3 is 2.20 bits per heavy atom. The second kappa shape index (κ2) is 12.0. The van der Waals surface area contributed by atoms with Crippen LogP contribution in [-0.2, 0) is 6.42 Å². The second-order valence-electron chi connectivity index (χ2n) is 9.07. The lowest BCUT2D eigenvalue weighted by Gasteiger charge is -2.26. The van der Waals surface area contributed by atoms with Crippen LogP contribution < -0.4 is 15.0 Å². The minimum absolute atomic E-state index is 0.203. The van der Waals surface area contributed by atoms with E-state index >= 15 is 0 Å². The molecular weight excluding hydrogens is 449 g/mol. The molecule has 0 bridgehead atoms. The van der Waals surface area contributed by atoms with Gasteiger partial charge in [-0.1, -0.05) is 55.3 Å². The third-order valence-electron chi connectivity index (χ3n) is 6.41. The Morgan fingerprint density at radius 1 is 0.800 bits per heavy atom. The molecule has 1 saturated heterocycles. The summed E-state index contributed by atoms with van der Waals surface area (Å²) in [6.45, 7) is 2.86. The highest BCUT2D eigenvalue weighted by Crippen LogP contribution is 2.36. The molecule has 186 valence electrons. The highest BCUT2D eigenvalue weighted by molar-refractivity contribution is 5.82. The Labute approximate surface area is 205 Å². The molecule has 0 aliphatic carbocycles. The summed E-state index contributed by atoms with van der Waals surface area (Å²) in [6.07, 6.45) is 3.31. The molecular formula is C29H33F3N2O. The van der Waals surface area contributed by atoms with Crippen LogP contribution in [0.1, 0.15) is 44.1 Å². The van der Waals surface area contributed by atoms with E-state index in [1.807, 2.05) is 6.07 Å². The fourth-order valence-corrected chi connectivity index (χ4v) is 4.63. The number of rotatable bonds is 9. The molecule has 3 aromatic rings. The lowest BCUT2D eigenvalue weighted by atomic mass is 10.0. The average Bonchev–Trinajstić information content (AvgIpc) is 3.14. The van der Waals surface area contributed by atoms with Crippen molar-refractivity contribution in [2.75, 3.05) is 29.9 Å². The summed E-state index contributed by atoms with van der Waals surface area (Å²) in [6, 6.07) is 23.1. The molecule has 0 saturated carbocycles. The summed E-state index contributed by atoms with van der Waals surface area (Å²) >= 11 is 0. The predicted octanol–water partition coefficient (Wildman–Crippen LogP) is 8.07. The Kier molecular flexibility index (Phi) is 8.56. The molecule has 1 heterocycles. The summed E-state index contributed by atoms with van der Waals surface area (Å²) in [7, 11) is 0. The molecule has 3 aromatic carbocycles. The maximum absolute atomic E-state index is 12.6. The lowest BCUT2D eigenvalue weighted by Crippen LogP contribution is -2.24. The number of alkyl halides is 3. The first-order valence-electron chi connectivity index (χ1n) is 12.5. The van der Waals surface area contributed by atoms with Gasteiger partial charge in [0.2, 0.25) is 0 Å². The third kappa shape index (κ3) is 7.67. The number of nitrogens with one attached hydrogen (secondary N) is 1. The number of halogens is 3. The fraction of sp³-hybridized carbons (Fsp3) is 0.379. The Morgan fingerprint density at radius 2 is 1.51 bits per heavy atom. The molecule has 1 aliphatic rings. The van der Waals surface area contributed by atoms with Gasteiger partial charge in [-0.2, -0.15) is 0 Å². The maximum atomic E-state index is 12.6. The van der Waals surface area contributed by atoms with Crippen molar-refractivity contribution in [1.82, 2.24) is 0 Å². The number of unbranched alkanes of at least 4 members (excludes halogenated alkanes) is 1. The standard InChI is InChI=1S/C29H33F3N2O/c30-29(31,32)35-26-16-13-24(14-17-26)27-22-25(15-18-28(27)34-20-8-1-2-9-21-34)33-19-7-6-12-23-10-4-3-5-11-23/h3-5,10-11,13-18,22,33H,1-2,6-9,12,19-21H2. The summed E-state index contributed by atoms with van der Waals surface area (Å²) in [4.78, 5) is 2.41. The van der Waals surface area contributed by atoms with Crippen LogP contribution >= 0.6 is 0 Å². The molecule has 0 aromatic heterocycles. The Balaban J connectivity index is 1.47. The molecule has 0 spiro atoms. The molecule has 0 amide bonds. The van der Waals surface area contributed by atoms with Gasteiger partial charge in [0.05, 0.1) is 0 Å². The first-order valence-corrected chi connectivity index (χ1v) is 12.5. The van der Waals surface area contributed by atoms with Gasteiger partial charge >= 0.3 is 6.36 Å². The fourth-order valence-electron chi connectivity index (χ4n) is 4.63. The van der Waals surface area contributed by atoms with Gasteiger partial charge in [0.15, 0.2) is 0 Å². The van der Waals surface area contributed by atoms with E-state index in [0.29, 0.717) is 0 Å². The second-order valence-corrected chi connectivity index (χ2v) is 9.07. The molecule has 1 aliphatic heterocycles. The van der Waals surface area contributed by atoms with E-state index in [0.717, 1.165) is 74.2 Å². The van der Waals surface area contributed by atoms with Crippen LogP contribution in [-0.4, -0.2) is 26.0 Å².